The largest absolute Gasteiger partial charge is 0.481 e. The Labute approximate surface area is 111 Å². The summed E-state index contributed by atoms with van der Waals surface area (Å²) in [7, 11) is -2.18. The molecule has 0 amide bonds. The number of rotatable bonds is 6. The number of benzene rings is 1. The zero-order chi connectivity index (χ0) is 13.8. The van der Waals surface area contributed by atoms with E-state index in [9.17, 15) is 13.2 Å². The minimum Gasteiger partial charge on any atom is -0.481 e. The average molecular weight is 289 g/mol. The van der Waals surface area contributed by atoms with Crippen LogP contribution in [0.4, 0.5) is 0 Å². The van der Waals surface area contributed by atoms with Gasteiger partial charge in [-0.2, -0.15) is 0 Å². The fourth-order valence-corrected chi connectivity index (χ4v) is 3.67. The minimum absolute atomic E-state index is 0.0153. The Morgan fingerprint density at radius 2 is 2.06 bits per heavy atom. The highest BCUT2D eigenvalue weighted by molar-refractivity contribution is 8.00. The van der Waals surface area contributed by atoms with Gasteiger partial charge in [0.25, 0.3) is 0 Å². The minimum atomic E-state index is -3.52. The Bertz CT molecular complexity index is 528. The number of hydrogen-bond acceptors (Lipinski definition) is 4. The van der Waals surface area contributed by atoms with Crippen molar-refractivity contribution in [1.82, 2.24) is 4.72 Å². The molecule has 1 atom stereocenters. The number of sulfonamides is 1. The van der Waals surface area contributed by atoms with Crippen molar-refractivity contribution >= 4 is 27.8 Å². The molecule has 0 aliphatic carbocycles. The smallest absolute Gasteiger partial charge is 0.304 e. The summed E-state index contributed by atoms with van der Waals surface area (Å²) in [6.45, 7) is 1.75. The summed E-state index contributed by atoms with van der Waals surface area (Å²) in [6, 6.07) is 6.54. The lowest BCUT2D eigenvalue weighted by molar-refractivity contribution is -0.136. The molecule has 0 aliphatic rings. The van der Waals surface area contributed by atoms with Gasteiger partial charge in [0, 0.05) is 10.1 Å². The second-order valence-electron chi connectivity index (χ2n) is 3.68. The van der Waals surface area contributed by atoms with Gasteiger partial charge in [-0.25, -0.2) is 13.1 Å². The molecule has 0 saturated carbocycles. The summed E-state index contributed by atoms with van der Waals surface area (Å²) in [5.74, 6) is -0.899. The number of carboxylic acids is 1. The number of carbonyl (C=O) groups is 1. The lowest BCUT2D eigenvalue weighted by Gasteiger charge is -2.12. The maximum Gasteiger partial charge on any atom is 0.304 e. The predicted molar refractivity (Wildman–Crippen MR) is 70.3 cm³/mol. The molecule has 5 nitrogen and oxygen atoms in total. The van der Waals surface area contributed by atoms with Gasteiger partial charge in [0.1, 0.15) is 0 Å². The fourth-order valence-electron chi connectivity index (χ4n) is 1.38. The van der Waals surface area contributed by atoms with Crippen LogP contribution < -0.4 is 4.72 Å². The number of aliphatic carboxylic acids is 1. The molecular weight excluding hydrogens is 274 g/mol. The third-order valence-electron chi connectivity index (χ3n) is 2.20. The third kappa shape index (κ3) is 4.01. The van der Waals surface area contributed by atoms with E-state index in [1.807, 2.05) is 0 Å². The maximum atomic E-state index is 11.8. The summed E-state index contributed by atoms with van der Waals surface area (Å²) in [5, 5.41) is 8.49. The molecule has 0 heterocycles. The second-order valence-corrected chi connectivity index (χ2v) is 7.02. The first-order chi connectivity index (χ1) is 8.36. The van der Waals surface area contributed by atoms with Crippen LogP contribution in [0.5, 0.6) is 0 Å². The van der Waals surface area contributed by atoms with Crippen molar-refractivity contribution in [2.75, 3.05) is 7.05 Å². The van der Waals surface area contributed by atoms with Gasteiger partial charge in [-0.3, -0.25) is 4.79 Å². The molecule has 18 heavy (non-hydrogen) atoms. The van der Waals surface area contributed by atoms with E-state index < -0.39 is 16.0 Å². The van der Waals surface area contributed by atoms with Gasteiger partial charge < -0.3 is 5.11 Å². The van der Waals surface area contributed by atoms with Crippen LogP contribution in [-0.2, 0) is 14.8 Å². The van der Waals surface area contributed by atoms with E-state index in [1.165, 1.54) is 24.9 Å². The molecule has 0 fully saturated rings. The first-order valence-electron chi connectivity index (χ1n) is 5.28. The van der Waals surface area contributed by atoms with Gasteiger partial charge in [0.2, 0.25) is 10.0 Å². The van der Waals surface area contributed by atoms with Crippen molar-refractivity contribution in [3.63, 3.8) is 0 Å². The molecule has 1 aromatic rings. The van der Waals surface area contributed by atoms with Crippen LogP contribution in [0.15, 0.2) is 34.1 Å². The summed E-state index contributed by atoms with van der Waals surface area (Å²) in [6.07, 6.45) is -0.0153. The Hall–Kier alpha value is -1.05. The molecule has 0 aromatic heterocycles. The number of carboxylic acid groups (broad SMARTS) is 1. The summed E-state index contributed by atoms with van der Waals surface area (Å²) < 4.78 is 25.8. The van der Waals surface area contributed by atoms with Gasteiger partial charge in [0.05, 0.1) is 11.3 Å². The summed E-state index contributed by atoms with van der Waals surface area (Å²) in [5.41, 5.74) is 0. The first kappa shape index (κ1) is 15.0. The van der Waals surface area contributed by atoms with Crippen molar-refractivity contribution in [3.05, 3.63) is 24.3 Å². The monoisotopic (exact) mass is 289 g/mol. The molecule has 0 bridgehead atoms. The van der Waals surface area contributed by atoms with Crippen molar-refractivity contribution in [2.24, 2.45) is 0 Å². The number of thioether (sulfide) groups is 1. The Balaban J connectivity index is 3.00. The Kier molecular flexibility index (Phi) is 5.18. The lowest BCUT2D eigenvalue weighted by Crippen LogP contribution is -2.19. The van der Waals surface area contributed by atoms with Gasteiger partial charge in [-0.15, -0.1) is 11.8 Å². The quantitative estimate of drug-likeness (QED) is 0.776. The second kappa shape index (κ2) is 6.21. The van der Waals surface area contributed by atoms with Crippen molar-refractivity contribution in [1.29, 1.82) is 0 Å². The van der Waals surface area contributed by atoms with Crippen molar-refractivity contribution < 1.29 is 18.3 Å². The zero-order valence-corrected chi connectivity index (χ0v) is 11.7. The van der Waals surface area contributed by atoms with Gasteiger partial charge in [-0.05, 0) is 19.2 Å². The van der Waals surface area contributed by atoms with Crippen molar-refractivity contribution in [2.45, 2.75) is 28.4 Å². The third-order valence-corrected chi connectivity index (χ3v) is 4.98. The molecule has 0 radical (unpaired) electrons. The SMILES string of the molecule is CNS(=O)(=O)c1ccccc1SC(C)CC(=O)O. The van der Waals surface area contributed by atoms with Crippen LogP contribution in [0.2, 0.25) is 0 Å². The molecule has 7 heteroatoms. The molecule has 1 aromatic carbocycles. The lowest BCUT2D eigenvalue weighted by atomic mass is 10.3. The molecular formula is C11H15NO4S2. The average Bonchev–Trinajstić information content (AvgIpc) is 2.28. The molecule has 0 saturated heterocycles. The van der Waals surface area contributed by atoms with Crippen molar-refractivity contribution in [3.8, 4) is 0 Å². The van der Waals surface area contributed by atoms with E-state index in [-0.39, 0.29) is 16.6 Å². The van der Waals surface area contributed by atoms with Gasteiger partial charge >= 0.3 is 5.97 Å². The molecule has 0 aliphatic heterocycles. The zero-order valence-electron chi connectivity index (χ0n) is 10.1. The van der Waals surface area contributed by atoms with Crippen LogP contribution in [-0.4, -0.2) is 31.8 Å². The van der Waals surface area contributed by atoms with Crippen LogP contribution >= 0.6 is 11.8 Å². The van der Waals surface area contributed by atoms with E-state index in [0.29, 0.717) is 4.90 Å². The van der Waals surface area contributed by atoms with Gasteiger partial charge in [0.15, 0.2) is 0 Å². The molecule has 1 rings (SSSR count). The topological polar surface area (TPSA) is 83.5 Å². The summed E-state index contributed by atoms with van der Waals surface area (Å²) in [4.78, 5) is 11.3. The standard InChI is InChI=1S/C11H15NO4S2/c1-8(7-11(13)14)17-9-5-3-4-6-10(9)18(15,16)12-2/h3-6,8,12H,7H2,1-2H3,(H,13,14). The van der Waals surface area contributed by atoms with E-state index >= 15 is 0 Å². The van der Waals surface area contributed by atoms with Crippen LogP contribution in [0.1, 0.15) is 13.3 Å². The van der Waals surface area contributed by atoms with Gasteiger partial charge in [-0.1, -0.05) is 19.1 Å². The fraction of sp³-hybridized carbons (Fsp3) is 0.364. The van der Waals surface area contributed by atoms with E-state index in [0.717, 1.165) is 0 Å². The Morgan fingerprint density at radius 3 is 2.61 bits per heavy atom. The molecule has 2 N–H and O–H groups in total. The number of hydrogen-bond donors (Lipinski definition) is 2. The highest BCUT2D eigenvalue weighted by Crippen LogP contribution is 2.30. The molecule has 1 unspecified atom stereocenters. The predicted octanol–water partition coefficient (Wildman–Crippen LogP) is 1.55. The molecule has 100 valence electrons. The highest BCUT2D eigenvalue weighted by Gasteiger charge is 2.18. The van der Waals surface area contributed by atoms with Crippen LogP contribution in [0.25, 0.3) is 0 Å². The van der Waals surface area contributed by atoms with Crippen LogP contribution in [0, 0.1) is 0 Å². The number of nitrogens with one attached hydrogen (secondary N) is 1. The maximum absolute atomic E-state index is 11.8. The van der Waals surface area contributed by atoms with E-state index in [1.54, 1.807) is 25.1 Å². The Morgan fingerprint density at radius 1 is 1.44 bits per heavy atom. The highest BCUT2D eigenvalue weighted by atomic mass is 32.2. The normalized spacial score (nSPS) is 13.2. The van der Waals surface area contributed by atoms with Crippen LogP contribution in [0.3, 0.4) is 0 Å². The van der Waals surface area contributed by atoms with E-state index in [2.05, 4.69) is 4.72 Å². The first-order valence-corrected chi connectivity index (χ1v) is 7.64. The molecule has 0 spiro atoms. The van der Waals surface area contributed by atoms with E-state index in [4.69, 9.17) is 5.11 Å². The summed E-state index contributed by atoms with van der Waals surface area (Å²) >= 11 is 1.24.